The molecule has 4 heteroatoms. The molecule has 0 unspecified atom stereocenters. The molecule has 1 N–H and O–H groups in total. The fourth-order valence-electron chi connectivity index (χ4n) is 0.211. The molecule has 0 aromatic rings. The third-order valence-corrected chi connectivity index (χ3v) is 1.28. The van der Waals surface area contributed by atoms with E-state index in [0.29, 0.717) is 5.04 Å². The zero-order valence-electron chi connectivity index (χ0n) is 4.97. The SMILES string of the molecule is CSC(=N)/C=C\N=CCl. The van der Waals surface area contributed by atoms with Crippen LogP contribution in [0.25, 0.3) is 0 Å². The number of aliphatic imine (C=N–C) groups is 1. The van der Waals surface area contributed by atoms with Gasteiger partial charge < -0.3 is 0 Å². The Kier molecular flexibility index (Phi) is 5.67. The van der Waals surface area contributed by atoms with Crippen LogP contribution in [0.4, 0.5) is 0 Å². The third kappa shape index (κ3) is 5.59. The lowest BCUT2D eigenvalue weighted by Crippen LogP contribution is -1.77. The van der Waals surface area contributed by atoms with Crippen LogP contribution in [0.15, 0.2) is 17.3 Å². The third-order valence-electron chi connectivity index (χ3n) is 0.588. The average molecular weight is 163 g/mol. The smallest absolute Gasteiger partial charge is 0.0926 e. The van der Waals surface area contributed by atoms with Crippen LogP contribution in [0.1, 0.15) is 0 Å². The van der Waals surface area contributed by atoms with Crippen LogP contribution in [0.2, 0.25) is 0 Å². The lowest BCUT2D eigenvalue weighted by atomic mass is 10.7. The standard InChI is InChI=1S/C5H7ClN2S/c1-9-5(7)2-3-8-4-6/h2-4,7H,1H3/b3-2-,7-5?,8-4?. The van der Waals surface area contributed by atoms with Crippen LogP contribution in [0.3, 0.4) is 0 Å². The van der Waals surface area contributed by atoms with E-state index < -0.39 is 0 Å². The fraction of sp³-hybridized carbons (Fsp3) is 0.200. The summed E-state index contributed by atoms with van der Waals surface area (Å²) in [5.41, 5.74) is 1.16. The lowest BCUT2D eigenvalue weighted by molar-refractivity contribution is 1.55. The molecule has 0 fully saturated rings. The van der Waals surface area contributed by atoms with Crippen molar-refractivity contribution >= 4 is 34.1 Å². The summed E-state index contributed by atoms with van der Waals surface area (Å²) in [6.07, 6.45) is 4.88. The fourth-order valence-corrected chi connectivity index (χ4v) is 0.473. The van der Waals surface area contributed by atoms with E-state index in [-0.39, 0.29) is 0 Å². The van der Waals surface area contributed by atoms with Crippen molar-refractivity contribution in [1.29, 1.82) is 5.41 Å². The van der Waals surface area contributed by atoms with Crippen molar-refractivity contribution < 1.29 is 0 Å². The van der Waals surface area contributed by atoms with E-state index in [1.54, 1.807) is 6.08 Å². The van der Waals surface area contributed by atoms with Crippen LogP contribution in [0, 0.1) is 5.41 Å². The van der Waals surface area contributed by atoms with Gasteiger partial charge in [-0.2, -0.15) is 0 Å². The maximum absolute atomic E-state index is 7.07. The summed E-state index contributed by atoms with van der Waals surface area (Å²) in [6.45, 7) is 0. The van der Waals surface area contributed by atoms with Crippen molar-refractivity contribution in [3.63, 3.8) is 0 Å². The molecule has 0 spiro atoms. The molecule has 0 aliphatic rings. The van der Waals surface area contributed by atoms with Gasteiger partial charge in [-0.25, -0.2) is 0 Å². The van der Waals surface area contributed by atoms with Gasteiger partial charge in [0.2, 0.25) is 0 Å². The predicted molar refractivity (Wildman–Crippen MR) is 44.7 cm³/mol. The molecule has 9 heavy (non-hydrogen) atoms. The Balaban J connectivity index is 3.57. The summed E-state index contributed by atoms with van der Waals surface area (Å²) in [7, 11) is 0. The Morgan fingerprint density at radius 2 is 2.44 bits per heavy atom. The summed E-state index contributed by atoms with van der Waals surface area (Å²) in [5, 5.41) is 7.54. The summed E-state index contributed by atoms with van der Waals surface area (Å²) < 4.78 is 0. The number of thioether (sulfide) groups is 1. The number of hydrogen-bond acceptors (Lipinski definition) is 3. The maximum Gasteiger partial charge on any atom is 0.0926 e. The minimum absolute atomic E-state index is 0.470. The van der Waals surface area contributed by atoms with Crippen LogP contribution in [-0.4, -0.2) is 17.0 Å². The molecule has 0 heterocycles. The number of nitrogens with zero attached hydrogens (tertiary/aromatic N) is 1. The molecule has 0 saturated carbocycles. The molecule has 2 nitrogen and oxygen atoms in total. The molecule has 50 valence electrons. The molecular formula is C5H7ClN2S. The Morgan fingerprint density at radius 3 is 2.89 bits per heavy atom. The van der Waals surface area contributed by atoms with Gasteiger partial charge in [-0.05, 0) is 12.3 Å². The molecule has 0 aromatic carbocycles. The number of nitrogens with one attached hydrogen (secondary N) is 1. The van der Waals surface area contributed by atoms with Gasteiger partial charge in [-0.3, -0.25) is 10.4 Å². The van der Waals surface area contributed by atoms with Gasteiger partial charge in [0.05, 0.1) is 10.7 Å². The molecule has 0 aromatic heterocycles. The predicted octanol–water partition coefficient (Wildman–Crippen LogP) is 2.11. The van der Waals surface area contributed by atoms with E-state index in [1.807, 2.05) is 6.26 Å². The molecule has 0 bridgehead atoms. The van der Waals surface area contributed by atoms with Gasteiger partial charge in [-0.1, -0.05) is 11.6 Å². The molecule has 0 aliphatic heterocycles. The highest BCUT2D eigenvalue weighted by molar-refractivity contribution is 8.13. The normalized spacial score (nSPS) is 11.3. The van der Waals surface area contributed by atoms with E-state index in [4.69, 9.17) is 17.0 Å². The van der Waals surface area contributed by atoms with Crippen LogP contribution in [0.5, 0.6) is 0 Å². The Morgan fingerprint density at radius 1 is 1.78 bits per heavy atom. The topological polar surface area (TPSA) is 36.2 Å². The zero-order valence-corrected chi connectivity index (χ0v) is 6.54. The van der Waals surface area contributed by atoms with Gasteiger partial charge in [0.15, 0.2) is 0 Å². The molecule has 0 saturated heterocycles. The highest BCUT2D eigenvalue weighted by atomic mass is 35.5. The molecule has 0 amide bonds. The van der Waals surface area contributed by atoms with Crippen LogP contribution in [-0.2, 0) is 0 Å². The number of rotatable bonds is 2. The largest absolute Gasteiger partial charge is 0.294 e. The highest BCUT2D eigenvalue weighted by Gasteiger charge is 1.80. The zero-order chi connectivity index (χ0) is 7.11. The second kappa shape index (κ2) is 5.85. The summed E-state index contributed by atoms with van der Waals surface area (Å²) in [5.74, 6) is 0. The van der Waals surface area contributed by atoms with Crippen molar-refractivity contribution in [1.82, 2.24) is 0 Å². The van der Waals surface area contributed by atoms with E-state index in [1.165, 1.54) is 18.0 Å². The van der Waals surface area contributed by atoms with Gasteiger partial charge in [0.25, 0.3) is 0 Å². The summed E-state index contributed by atoms with van der Waals surface area (Å²) in [6, 6.07) is 0. The molecule has 0 atom stereocenters. The van der Waals surface area contributed by atoms with Crippen molar-refractivity contribution in [2.75, 3.05) is 6.26 Å². The van der Waals surface area contributed by atoms with Crippen molar-refractivity contribution in [2.24, 2.45) is 4.99 Å². The average Bonchev–Trinajstić information content (AvgIpc) is 1.89. The van der Waals surface area contributed by atoms with Gasteiger partial charge in [-0.15, -0.1) is 11.8 Å². The molecule has 0 aliphatic carbocycles. The first kappa shape index (κ1) is 8.72. The monoisotopic (exact) mass is 162 g/mol. The van der Waals surface area contributed by atoms with Crippen LogP contribution >= 0.6 is 23.4 Å². The highest BCUT2D eigenvalue weighted by Crippen LogP contribution is 1.95. The van der Waals surface area contributed by atoms with E-state index >= 15 is 0 Å². The number of hydrogen-bond donors (Lipinski definition) is 1. The van der Waals surface area contributed by atoms with E-state index in [9.17, 15) is 0 Å². The molecule has 0 rings (SSSR count). The second-order valence-electron chi connectivity index (χ2n) is 1.13. The molecule has 0 radical (unpaired) electrons. The first-order valence-corrected chi connectivity index (χ1v) is 3.88. The first-order valence-electron chi connectivity index (χ1n) is 2.22. The summed E-state index contributed by atoms with van der Waals surface area (Å²) >= 11 is 6.46. The second-order valence-corrected chi connectivity index (χ2v) is 2.17. The Bertz CT molecular complexity index is 142. The van der Waals surface area contributed by atoms with Gasteiger partial charge in [0, 0.05) is 6.20 Å². The lowest BCUT2D eigenvalue weighted by Gasteiger charge is -1.83. The molecular weight excluding hydrogens is 156 g/mol. The van der Waals surface area contributed by atoms with E-state index in [2.05, 4.69) is 4.99 Å². The number of halogens is 1. The quantitative estimate of drug-likeness (QED) is 0.490. The van der Waals surface area contributed by atoms with Crippen molar-refractivity contribution in [2.45, 2.75) is 0 Å². The Labute approximate surface area is 63.5 Å². The van der Waals surface area contributed by atoms with Crippen LogP contribution < -0.4 is 0 Å². The van der Waals surface area contributed by atoms with Gasteiger partial charge in [0.1, 0.15) is 0 Å². The Hall–Kier alpha value is -0.280. The maximum atomic E-state index is 7.07. The van der Waals surface area contributed by atoms with Crippen molar-refractivity contribution in [3.8, 4) is 0 Å². The summed E-state index contributed by atoms with van der Waals surface area (Å²) in [4.78, 5) is 3.57. The van der Waals surface area contributed by atoms with Crippen molar-refractivity contribution in [3.05, 3.63) is 12.3 Å². The van der Waals surface area contributed by atoms with E-state index in [0.717, 1.165) is 5.67 Å². The van der Waals surface area contributed by atoms with Gasteiger partial charge >= 0.3 is 0 Å². The minimum atomic E-state index is 0.470. The minimum Gasteiger partial charge on any atom is -0.294 e. The first-order chi connectivity index (χ1) is 4.31.